The van der Waals surface area contributed by atoms with E-state index >= 15 is 0 Å². The van der Waals surface area contributed by atoms with Gasteiger partial charge in [-0.2, -0.15) is 19.2 Å². The molecule has 1 N–H and O–H groups in total. The third-order valence-electron chi connectivity index (χ3n) is 5.76. The highest BCUT2D eigenvalue weighted by atomic mass is 79.9. The molecule has 2 fully saturated rings. The Hall–Kier alpha value is -3.84. The van der Waals surface area contributed by atoms with Crippen LogP contribution in [0, 0.1) is 0 Å². The van der Waals surface area contributed by atoms with Gasteiger partial charge in [0.15, 0.2) is 11.3 Å². The lowest BCUT2D eigenvalue weighted by Crippen LogP contribution is -2.36. The number of hydrogen-bond donors (Lipinski definition) is 1. The number of carbonyl (C=O) groups excluding carboxylic acids is 4. The Morgan fingerprint density at radius 3 is 1.73 bits per heavy atom. The predicted molar refractivity (Wildman–Crippen MR) is 149 cm³/mol. The fourth-order valence-electron chi connectivity index (χ4n) is 3.86. The molecule has 2 aliphatic rings. The summed E-state index contributed by atoms with van der Waals surface area (Å²) >= 11 is 3.38. The first kappa shape index (κ1) is 33.4. The van der Waals surface area contributed by atoms with E-state index in [2.05, 4.69) is 78.7 Å². The van der Waals surface area contributed by atoms with E-state index in [0.29, 0.717) is 0 Å². The minimum atomic E-state index is 0.250. The second-order valence-corrected chi connectivity index (χ2v) is 9.17. The lowest BCUT2D eigenvalue weighted by atomic mass is 10.3. The van der Waals surface area contributed by atoms with Crippen molar-refractivity contribution in [2.75, 3.05) is 57.5 Å². The number of hydrogen-bond acceptors (Lipinski definition) is 12. The van der Waals surface area contributed by atoms with Crippen LogP contribution in [0.25, 0.3) is 11.3 Å². The molecule has 0 aliphatic carbocycles. The number of fused-ring (bicyclic) bond motifs is 2. The Morgan fingerprint density at radius 1 is 0.780 bits per heavy atom. The molecule has 0 unspecified atom stereocenters. The molecule has 0 saturated carbocycles. The number of nitrogens with one attached hydrogen (secondary N) is 1. The average molecular weight is 634 g/mol. The molecule has 0 bridgehead atoms. The smallest absolute Gasteiger partial charge is 0.373 e. The monoisotopic (exact) mass is 632 g/mol. The standard InChI is InChI=1S/C12H16N4O.C8H8BrN3.C4H9NO.2CO2/c1-2-11-13-14-12-9-10(3-4-16(11)12)15-5-7-17-8-6-15;1-2-7-10-11-8-5-6(9)3-4-12(7)8;1-3-6-4-2-5-1;2*2-1-3/h3-4,9H,2,5-8H2,1H3;3-5H,2H2,1H3;5H,1-4H2;;. The number of nitrogens with zero attached hydrogens (tertiary/aromatic N) is 7. The maximum atomic E-state index is 8.12. The van der Waals surface area contributed by atoms with E-state index in [1.165, 1.54) is 5.69 Å². The number of morpholine rings is 2. The Morgan fingerprint density at radius 2 is 1.27 bits per heavy atom. The molecule has 0 aromatic carbocycles. The van der Waals surface area contributed by atoms with Crippen LogP contribution in [0.3, 0.4) is 0 Å². The lowest BCUT2D eigenvalue weighted by Gasteiger charge is -2.28. The van der Waals surface area contributed by atoms with Gasteiger partial charge in [-0.3, -0.25) is 8.80 Å². The molecule has 0 radical (unpaired) electrons. The van der Waals surface area contributed by atoms with Gasteiger partial charge in [0.1, 0.15) is 11.6 Å². The summed E-state index contributed by atoms with van der Waals surface area (Å²) in [5, 5.41) is 19.6. The number of halogens is 1. The third kappa shape index (κ3) is 10.9. The molecule has 14 nitrogen and oxygen atoms in total. The highest BCUT2D eigenvalue weighted by molar-refractivity contribution is 9.10. The van der Waals surface area contributed by atoms with Gasteiger partial charge in [0.05, 0.1) is 26.4 Å². The second kappa shape index (κ2) is 19.3. The molecular weight excluding hydrogens is 600 g/mol. The summed E-state index contributed by atoms with van der Waals surface area (Å²) in [5.74, 6) is 2.01. The van der Waals surface area contributed by atoms with Crippen molar-refractivity contribution >= 4 is 45.2 Å². The van der Waals surface area contributed by atoms with Crippen LogP contribution in [0.2, 0.25) is 0 Å². The van der Waals surface area contributed by atoms with Crippen molar-refractivity contribution in [2.45, 2.75) is 26.7 Å². The molecule has 0 amide bonds. The largest absolute Gasteiger partial charge is 0.379 e. The predicted octanol–water partition coefficient (Wildman–Crippen LogP) is 1.62. The van der Waals surface area contributed by atoms with Crippen LogP contribution < -0.4 is 10.2 Å². The molecule has 4 aromatic rings. The van der Waals surface area contributed by atoms with Gasteiger partial charge in [0, 0.05) is 67.6 Å². The number of anilines is 1. The summed E-state index contributed by atoms with van der Waals surface area (Å²) < 4.78 is 15.4. The van der Waals surface area contributed by atoms with E-state index in [-0.39, 0.29) is 12.3 Å². The van der Waals surface area contributed by atoms with Crippen LogP contribution >= 0.6 is 15.9 Å². The molecule has 220 valence electrons. The maximum Gasteiger partial charge on any atom is 0.373 e. The molecule has 0 atom stereocenters. The SMILES string of the molecule is C1COCCN1.CCc1nnc2cc(Br)ccn12.CCc1nnc2cc(N3CCOCC3)ccn12.O=C=O.O=C=O. The first-order chi connectivity index (χ1) is 20.0. The van der Waals surface area contributed by atoms with Gasteiger partial charge >= 0.3 is 12.3 Å². The number of aromatic nitrogens is 6. The quantitative estimate of drug-likeness (QED) is 0.348. The summed E-state index contributed by atoms with van der Waals surface area (Å²) in [6.07, 6.45) is 6.33. The summed E-state index contributed by atoms with van der Waals surface area (Å²) in [4.78, 5) is 34.8. The Bertz CT molecular complexity index is 1370. The summed E-state index contributed by atoms with van der Waals surface area (Å²) in [6, 6.07) is 8.15. The molecule has 2 aliphatic heterocycles. The molecule has 6 rings (SSSR count). The van der Waals surface area contributed by atoms with Crippen molar-refractivity contribution in [1.29, 1.82) is 0 Å². The highest BCUT2D eigenvalue weighted by Crippen LogP contribution is 2.18. The molecule has 2 saturated heterocycles. The maximum absolute atomic E-state index is 8.12. The van der Waals surface area contributed by atoms with Crippen LogP contribution in [0.15, 0.2) is 41.1 Å². The van der Waals surface area contributed by atoms with Crippen LogP contribution in [-0.2, 0) is 41.5 Å². The fourth-order valence-corrected chi connectivity index (χ4v) is 4.18. The van der Waals surface area contributed by atoms with E-state index in [4.69, 9.17) is 28.7 Å². The first-order valence-corrected chi connectivity index (χ1v) is 13.7. The molecule has 4 aromatic heterocycles. The van der Waals surface area contributed by atoms with Crippen LogP contribution in [0.4, 0.5) is 5.69 Å². The van der Waals surface area contributed by atoms with Gasteiger partial charge in [-0.25, -0.2) is 0 Å². The number of ether oxygens (including phenoxy) is 2. The van der Waals surface area contributed by atoms with E-state index in [9.17, 15) is 0 Å². The minimum Gasteiger partial charge on any atom is -0.379 e. The number of aryl methyl sites for hydroxylation is 2. The molecule has 0 spiro atoms. The topological polar surface area (TPSA) is 162 Å². The second-order valence-electron chi connectivity index (χ2n) is 8.25. The van der Waals surface area contributed by atoms with Crippen molar-refractivity contribution < 1.29 is 28.7 Å². The lowest BCUT2D eigenvalue weighted by molar-refractivity contribution is -0.193. The van der Waals surface area contributed by atoms with Crippen LogP contribution in [0.5, 0.6) is 0 Å². The summed E-state index contributed by atoms with van der Waals surface area (Å²) in [5.41, 5.74) is 3.02. The van der Waals surface area contributed by atoms with Gasteiger partial charge in [-0.05, 0) is 18.2 Å². The third-order valence-corrected chi connectivity index (χ3v) is 6.26. The zero-order chi connectivity index (χ0) is 29.9. The van der Waals surface area contributed by atoms with Crippen molar-refractivity contribution in [1.82, 2.24) is 34.5 Å². The zero-order valence-electron chi connectivity index (χ0n) is 23.0. The normalized spacial score (nSPS) is 14.0. The Labute approximate surface area is 245 Å². The highest BCUT2D eigenvalue weighted by Gasteiger charge is 2.12. The van der Waals surface area contributed by atoms with Crippen molar-refractivity contribution in [3.05, 3.63) is 52.8 Å². The first-order valence-electron chi connectivity index (χ1n) is 12.9. The summed E-state index contributed by atoms with van der Waals surface area (Å²) in [6.45, 7) is 11.5. The summed E-state index contributed by atoms with van der Waals surface area (Å²) in [7, 11) is 0. The number of pyridine rings is 2. The Kier molecular flexibility index (Phi) is 15.7. The van der Waals surface area contributed by atoms with Crippen LogP contribution in [-0.4, -0.2) is 94.1 Å². The van der Waals surface area contributed by atoms with E-state index < -0.39 is 0 Å². The van der Waals surface area contributed by atoms with Gasteiger partial charge in [0.25, 0.3) is 0 Å². The fraction of sp³-hybridized carbons (Fsp3) is 0.462. The van der Waals surface area contributed by atoms with Gasteiger partial charge in [-0.15, -0.1) is 20.4 Å². The molecule has 41 heavy (non-hydrogen) atoms. The van der Waals surface area contributed by atoms with E-state index in [0.717, 1.165) is 92.9 Å². The minimum absolute atomic E-state index is 0.250. The molecule has 6 heterocycles. The van der Waals surface area contributed by atoms with Gasteiger partial charge in [-0.1, -0.05) is 29.8 Å². The zero-order valence-corrected chi connectivity index (χ0v) is 24.6. The van der Waals surface area contributed by atoms with Crippen LogP contribution in [0.1, 0.15) is 25.5 Å². The van der Waals surface area contributed by atoms with Gasteiger partial charge < -0.3 is 19.7 Å². The molecule has 15 heteroatoms. The Balaban J connectivity index is 0.000000212. The van der Waals surface area contributed by atoms with Crippen molar-refractivity contribution in [3.63, 3.8) is 0 Å². The van der Waals surface area contributed by atoms with E-state index in [1.54, 1.807) is 0 Å². The van der Waals surface area contributed by atoms with Crippen molar-refractivity contribution in [3.8, 4) is 0 Å². The van der Waals surface area contributed by atoms with Crippen molar-refractivity contribution in [2.24, 2.45) is 0 Å². The van der Waals surface area contributed by atoms with Gasteiger partial charge in [0.2, 0.25) is 0 Å². The van der Waals surface area contributed by atoms with E-state index in [1.807, 2.05) is 27.1 Å². The molecular formula is C26H33BrN8O6. The number of rotatable bonds is 3. The average Bonchev–Trinajstić information content (AvgIpc) is 3.63.